The van der Waals surface area contributed by atoms with Crippen molar-refractivity contribution in [1.82, 2.24) is 25.1 Å². The monoisotopic (exact) mass is 380 g/mol. The van der Waals surface area contributed by atoms with Gasteiger partial charge in [0.05, 0.1) is 0 Å². The average Bonchev–Trinajstić information content (AvgIpc) is 3.23. The van der Waals surface area contributed by atoms with Crippen molar-refractivity contribution in [2.75, 3.05) is 31.1 Å². The minimum atomic E-state index is -0.244. The molecule has 2 heterocycles. The van der Waals surface area contributed by atoms with Gasteiger partial charge in [-0.15, -0.1) is 5.10 Å². The molecule has 4 rings (SSSR count). The summed E-state index contributed by atoms with van der Waals surface area (Å²) < 4.78 is 14.8. The van der Waals surface area contributed by atoms with E-state index in [0.717, 1.165) is 11.3 Å². The van der Waals surface area contributed by atoms with Crippen molar-refractivity contribution in [3.8, 4) is 11.4 Å². The van der Waals surface area contributed by atoms with Gasteiger partial charge in [-0.3, -0.25) is 4.79 Å². The fourth-order valence-corrected chi connectivity index (χ4v) is 3.42. The quantitative estimate of drug-likeness (QED) is 0.696. The number of amides is 1. The van der Waals surface area contributed by atoms with Crippen molar-refractivity contribution >= 4 is 11.6 Å². The first-order valence-corrected chi connectivity index (χ1v) is 9.32. The van der Waals surface area contributed by atoms with E-state index in [1.54, 1.807) is 16.8 Å². The fraction of sp³-hybridized carbons (Fsp3) is 0.300. The third-order valence-corrected chi connectivity index (χ3v) is 4.96. The molecule has 0 radical (unpaired) electrons. The summed E-state index contributed by atoms with van der Waals surface area (Å²) in [6, 6.07) is 13.9. The lowest BCUT2D eigenvalue weighted by atomic mass is 10.1. The van der Waals surface area contributed by atoms with Crippen molar-refractivity contribution in [3.05, 3.63) is 59.9 Å². The molecule has 0 saturated carbocycles. The van der Waals surface area contributed by atoms with E-state index in [1.807, 2.05) is 36.1 Å². The number of rotatable bonds is 4. The zero-order valence-electron chi connectivity index (χ0n) is 15.6. The highest BCUT2D eigenvalue weighted by atomic mass is 19.1. The van der Waals surface area contributed by atoms with Gasteiger partial charge in [-0.1, -0.05) is 12.1 Å². The van der Waals surface area contributed by atoms with Crippen LogP contribution in [0.1, 0.15) is 17.3 Å². The molecule has 0 bridgehead atoms. The number of aryl methyl sites for hydroxylation is 1. The number of carbonyl (C=O) groups is 1. The van der Waals surface area contributed by atoms with Crippen LogP contribution in [0.15, 0.2) is 48.5 Å². The highest BCUT2D eigenvalue weighted by molar-refractivity contribution is 5.95. The van der Waals surface area contributed by atoms with Gasteiger partial charge in [-0.05, 0) is 53.7 Å². The van der Waals surface area contributed by atoms with E-state index in [0.29, 0.717) is 44.1 Å². The summed E-state index contributed by atoms with van der Waals surface area (Å²) in [5, 5.41) is 11.7. The normalized spacial score (nSPS) is 14.4. The van der Waals surface area contributed by atoms with Crippen LogP contribution >= 0.6 is 0 Å². The maximum absolute atomic E-state index is 13.1. The Kier molecular flexibility index (Phi) is 5.01. The van der Waals surface area contributed by atoms with E-state index >= 15 is 0 Å². The van der Waals surface area contributed by atoms with E-state index in [-0.39, 0.29) is 11.7 Å². The topological polar surface area (TPSA) is 67.2 Å². The average molecular weight is 380 g/mol. The van der Waals surface area contributed by atoms with Crippen molar-refractivity contribution in [1.29, 1.82) is 0 Å². The van der Waals surface area contributed by atoms with Crippen molar-refractivity contribution < 1.29 is 9.18 Å². The summed E-state index contributed by atoms with van der Waals surface area (Å²) in [7, 11) is 0. The minimum Gasteiger partial charge on any atom is -0.368 e. The first-order chi connectivity index (χ1) is 13.7. The lowest BCUT2D eigenvalue weighted by molar-refractivity contribution is 0.0747. The molecule has 1 saturated heterocycles. The molecule has 7 nitrogen and oxygen atoms in total. The van der Waals surface area contributed by atoms with Crippen LogP contribution in [0.2, 0.25) is 0 Å². The summed E-state index contributed by atoms with van der Waals surface area (Å²) in [4.78, 5) is 17.0. The van der Waals surface area contributed by atoms with Gasteiger partial charge >= 0.3 is 0 Å². The second-order valence-electron chi connectivity index (χ2n) is 6.65. The largest absolute Gasteiger partial charge is 0.368 e. The molecule has 1 aromatic heterocycles. The van der Waals surface area contributed by atoms with E-state index in [1.165, 1.54) is 12.1 Å². The van der Waals surface area contributed by atoms with E-state index in [9.17, 15) is 9.18 Å². The first-order valence-electron chi connectivity index (χ1n) is 9.32. The zero-order chi connectivity index (χ0) is 19.5. The molecule has 144 valence electrons. The smallest absolute Gasteiger partial charge is 0.253 e. The maximum Gasteiger partial charge on any atom is 0.253 e. The second kappa shape index (κ2) is 7.75. The Morgan fingerprint density at radius 3 is 2.54 bits per heavy atom. The van der Waals surface area contributed by atoms with Crippen LogP contribution in [0.25, 0.3) is 11.4 Å². The van der Waals surface area contributed by atoms with Gasteiger partial charge in [0, 0.05) is 49.5 Å². The Bertz CT molecular complexity index is 963. The van der Waals surface area contributed by atoms with Crippen LogP contribution in [-0.2, 0) is 6.54 Å². The number of benzene rings is 2. The number of anilines is 1. The third kappa shape index (κ3) is 3.58. The van der Waals surface area contributed by atoms with E-state index in [2.05, 4.69) is 20.4 Å². The molecule has 0 spiro atoms. The minimum absolute atomic E-state index is 0.00358. The molecular weight excluding hydrogens is 359 g/mol. The van der Waals surface area contributed by atoms with E-state index < -0.39 is 0 Å². The van der Waals surface area contributed by atoms with Gasteiger partial charge in [0.2, 0.25) is 0 Å². The fourth-order valence-electron chi connectivity index (χ4n) is 3.42. The van der Waals surface area contributed by atoms with Crippen molar-refractivity contribution in [2.45, 2.75) is 13.5 Å². The molecule has 0 aliphatic carbocycles. The Balaban J connectivity index is 1.46. The molecule has 1 aliphatic heterocycles. The highest BCUT2D eigenvalue weighted by Crippen LogP contribution is 2.21. The number of hydrogen-bond acceptors (Lipinski definition) is 5. The predicted molar refractivity (Wildman–Crippen MR) is 103 cm³/mol. The number of hydrogen-bond donors (Lipinski definition) is 0. The van der Waals surface area contributed by atoms with Gasteiger partial charge in [0.15, 0.2) is 5.82 Å². The van der Waals surface area contributed by atoms with Gasteiger partial charge in [0.1, 0.15) is 5.82 Å². The van der Waals surface area contributed by atoms with Crippen LogP contribution in [-0.4, -0.2) is 57.2 Å². The Morgan fingerprint density at radius 1 is 1.07 bits per heavy atom. The molecular formula is C20H21FN6O. The molecule has 28 heavy (non-hydrogen) atoms. The third-order valence-electron chi connectivity index (χ3n) is 4.96. The summed E-state index contributed by atoms with van der Waals surface area (Å²) in [5.74, 6) is 0.404. The number of carbonyl (C=O) groups excluding carboxylic acids is 1. The molecule has 0 unspecified atom stereocenters. The van der Waals surface area contributed by atoms with Crippen molar-refractivity contribution in [3.63, 3.8) is 0 Å². The molecule has 0 N–H and O–H groups in total. The second-order valence-corrected chi connectivity index (χ2v) is 6.65. The molecule has 1 fully saturated rings. The summed E-state index contributed by atoms with van der Waals surface area (Å²) in [5.41, 5.74) is 2.42. The summed E-state index contributed by atoms with van der Waals surface area (Å²) >= 11 is 0. The van der Waals surface area contributed by atoms with Crippen LogP contribution in [0.3, 0.4) is 0 Å². The number of aromatic nitrogens is 4. The van der Waals surface area contributed by atoms with E-state index in [4.69, 9.17) is 0 Å². The van der Waals surface area contributed by atoms with Gasteiger partial charge in [-0.2, -0.15) is 0 Å². The van der Waals surface area contributed by atoms with Crippen LogP contribution in [0.4, 0.5) is 10.1 Å². The number of nitrogens with zero attached hydrogens (tertiary/aromatic N) is 6. The molecule has 3 aromatic rings. The Morgan fingerprint density at radius 2 is 1.82 bits per heavy atom. The summed E-state index contributed by atoms with van der Waals surface area (Å²) in [6.07, 6.45) is 0. The molecule has 1 amide bonds. The zero-order valence-corrected chi connectivity index (χ0v) is 15.6. The Labute approximate surface area is 162 Å². The standard InChI is InChI=1S/C20H21FN6O/c1-2-27-19(22-23-24-27)15-4-3-5-16(14-15)20(28)26-12-10-25(11-13-26)18-8-6-17(21)7-9-18/h3-9,14H,2,10-13H2,1H3. The van der Waals surface area contributed by atoms with Crippen LogP contribution in [0, 0.1) is 5.82 Å². The van der Waals surface area contributed by atoms with Crippen molar-refractivity contribution in [2.24, 2.45) is 0 Å². The van der Waals surface area contributed by atoms with Crippen LogP contribution < -0.4 is 4.90 Å². The lowest BCUT2D eigenvalue weighted by Crippen LogP contribution is -2.48. The first kappa shape index (κ1) is 18.1. The SMILES string of the molecule is CCn1nnnc1-c1cccc(C(=O)N2CCN(c3ccc(F)cc3)CC2)c1. The highest BCUT2D eigenvalue weighted by Gasteiger charge is 2.23. The molecule has 0 atom stereocenters. The number of piperazine rings is 1. The number of tetrazole rings is 1. The van der Waals surface area contributed by atoms with Gasteiger partial charge < -0.3 is 9.80 Å². The molecule has 2 aromatic carbocycles. The summed E-state index contributed by atoms with van der Waals surface area (Å²) in [6.45, 7) is 5.29. The Hall–Kier alpha value is -3.29. The van der Waals surface area contributed by atoms with Crippen LogP contribution in [0.5, 0.6) is 0 Å². The lowest BCUT2D eigenvalue weighted by Gasteiger charge is -2.36. The molecule has 8 heteroatoms. The predicted octanol–water partition coefficient (Wildman–Crippen LogP) is 2.46. The molecule has 1 aliphatic rings. The number of halogens is 1. The van der Waals surface area contributed by atoms with Gasteiger partial charge in [0.25, 0.3) is 5.91 Å². The van der Waals surface area contributed by atoms with Gasteiger partial charge in [-0.25, -0.2) is 9.07 Å². The maximum atomic E-state index is 13.1.